The minimum absolute atomic E-state index is 0.0466. The first-order chi connectivity index (χ1) is 15.6. The van der Waals surface area contributed by atoms with Gasteiger partial charge in [0.1, 0.15) is 28.8 Å². The van der Waals surface area contributed by atoms with E-state index in [9.17, 15) is 30.7 Å². The minimum atomic E-state index is -5.09. The van der Waals surface area contributed by atoms with Crippen molar-refractivity contribution in [2.45, 2.75) is 51.6 Å². The molecule has 0 heterocycles. The van der Waals surface area contributed by atoms with Crippen molar-refractivity contribution >= 4 is 0 Å². The van der Waals surface area contributed by atoms with Crippen molar-refractivity contribution in [3.8, 4) is 0 Å². The van der Waals surface area contributed by atoms with Crippen LogP contribution in [0, 0.1) is 23.3 Å². The van der Waals surface area contributed by atoms with Crippen LogP contribution < -0.4 is 0 Å². The summed E-state index contributed by atoms with van der Waals surface area (Å²) in [5, 5.41) is 0. The fourth-order valence-corrected chi connectivity index (χ4v) is 3.80. The first-order valence-corrected chi connectivity index (χ1v) is 10.7. The Bertz CT molecular complexity index is 1050. The van der Waals surface area contributed by atoms with Gasteiger partial charge in [0.2, 0.25) is 0 Å². The number of hydrogen-bond donors (Lipinski definition) is 0. The molecule has 3 rings (SSSR count). The molecule has 0 aliphatic rings. The van der Waals surface area contributed by atoms with Crippen LogP contribution in [-0.2, 0) is 38.3 Å². The standard InChI is InChI=1S/C26H23F7/c1-2-3-18-12-21(27)20(22(28)13-18)11-10-17-6-4-16(5-7-17)8-9-19-14-23(29)25(24(30)15-19)26(31,32)33/h4-7,12-15H,2-3,8-11H2,1H3. The summed E-state index contributed by atoms with van der Waals surface area (Å²) in [6.45, 7) is 1.94. The molecule has 0 N–H and O–H groups in total. The normalized spacial score (nSPS) is 11.8. The van der Waals surface area contributed by atoms with Crippen molar-refractivity contribution in [1.29, 1.82) is 0 Å². The topological polar surface area (TPSA) is 0 Å². The SMILES string of the molecule is CCCc1cc(F)c(CCc2ccc(CCc3cc(F)c(C(F)(F)F)c(F)c3)cc2)c(F)c1. The molecule has 0 aliphatic carbocycles. The van der Waals surface area contributed by atoms with E-state index in [2.05, 4.69) is 0 Å². The van der Waals surface area contributed by atoms with E-state index < -0.39 is 35.0 Å². The zero-order valence-electron chi connectivity index (χ0n) is 18.0. The number of alkyl halides is 3. The zero-order chi connectivity index (χ0) is 24.2. The molecule has 0 radical (unpaired) electrons. The van der Waals surface area contributed by atoms with Gasteiger partial charge in [0.15, 0.2) is 0 Å². The molecule has 7 heteroatoms. The lowest BCUT2D eigenvalue weighted by molar-refractivity contribution is -0.142. The highest BCUT2D eigenvalue weighted by Gasteiger charge is 2.37. The maximum absolute atomic E-state index is 14.3. The van der Waals surface area contributed by atoms with Crippen molar-refractivity contribution in [2.24, 2.45) is 0 Å². The Labute approximate surface area is 188 Å². The predicted octanol–water partition coefficient (Wildman–Crippen LogP) is 7.78. The van der Waals surface area contributed by atoms with Crippen LogP contribution in [0.25, 0.3) is 0 Å². The molecule has 0 fully saturated rings. The molecule has 0 bridgehead atoms. The van der Waals surface area contributed by atoms with Crippen LogP contribution >= 0.6 is 0 Å². The lowest BCUT2D eigenvalue weighted by Crippen LogP contribution is -2.12. The second-order valence-corrected chi connectivity index (χ2v) is 8.04. The Morgan fingerprint density at radius 3 is 1.39 bits per heavy atom. The van der Waals surface area contributed by atoms with Gasteiger partial charge in [-0.1, -0.05) is 37.6 Å². The van der Waals surface area contributed by atoms with Gasteiger partial charge in [-0.2, -0.15) is 13.2 Å². The van der Waals surface area contributed by atoms with E-state index >= 15 is 0 Å². The van der Waals surface area contributed by atoms with Crippen LogP contribution in [0.15, 0.2) is 48.5 Å². The van der Waals surface area contributed by atoms with E-state index in [-0.39, 0.29) is 24.0 Å². The number of hydrogen-bond acceptors (Lipinski definition) is 0. The van der Waals surface area contributed by atoms with Crippen LogP contribution in [0.4, 0.5) is 30.7 Å². The largest absolute Gasteiger partial charge is 0.422 e. The lowest BCUT2D eigenvalue weighted by Gasteiger charge is -2.11. The van der Waals surface area contributed by atoms with Gasteiger partial charge in [-0.25, -0.2) is 17.6 Å². The van der Waals surface area contributed by atoms with Crippen LogP contribution in [0.1, 0.15) is 46.7 Å². The molecular weight excluding hydrogens is 445 g/mol. The number of halogens is 7. The van der Waals surface area contributed by atoms with Crippen LogP contribution in [0.5, 0.6) is 0 Å². The summed E-state index contributed by atoms with van der Waals surface area (Å²) in [5.41, 5.74) is 0.601. The molecule has 3 aromatic carbocycles. The van der Waals surface area contributed by atoms with Crippen molar-refractivity contribution < 1.29 is 30.7 Å². The van der Waals surface area contributed by atoms with Gasteiger partial charge < -0.3 is 0 Å². The second kappa shape index (κ2) is 10.4. The summed E-state index contributed by atoms with van der Waals surface area (Å²) in [6.07, 6.45) is -2.52. The molecule has 0 saturated heterocycles. The van der Waals surface area contributed by atoms with E-state index in [4.69, 9.17) is 0 Å². The maximum Gasteiger partial charge on any atom is 0.422 e. The third-order valence-electron chi connectivity index (χ3n) is 5.51. The second-order valence-electron chi connectivity index (χ2n) is 8.04. The molecular formula is C26H23F7. The predicted molar refractivity (Wildman–Crippen MR) is 113 cm³/mol. The third kappa shape index (κ3) is 6.36. The molecule has 3 aromatic rings. The molecule has 0 unspecified atom stereocenters. The van der Waals surface area contributed by atoms with Crippen molar-refractivity contribution in [1.82, 2.24) is 0 Å². The Kier molecular flexibility index (Phi) is 7.82. The minimum Gasteiger partial charge on any atom is -0.207 e. The van der Waals surface area contributed by atoms with Crippen LogP contribution in [0.2, 0.25) is 0 Å². The zero-order valence-corrected chi connectivity index (χ0v) is 18.0. The van der Waals surface area contributed by atoms with Crippen molar-refractivity contribution in [2.75, 3.05) is 0 Å². The van der Waals surface area contributed by atoms with Crippen molar-refractivity contribution in [3.05, 3.63) is 105 Å². The van der Waals surface area contributed by atoms with Crippen LogP contribution in [0.3, 0.4) is 0 Å². The average Bonchev–Trinajstić information content (AvgIpc) is 2.71. The quantitative estimate of drug-likeness (QED) is 0.296. The summed E-state index contributed by atoms with van der Waals surface area (Å²) in [6, 6.07) is 11.3. The Morgan fingerprint density at radius 2 is 0.939 bits per heavy atom. The maximum atomic E-state index is 14.3. The molecule has 0 aromatic heterocycles. The Hall–Kier alpha value is -2.83. The van der Waals surface area contributed by atoms with E-state index in [1.807, 2.05) is 6.92 Å². The first kappa shape index (κ1) is 24.8. The monoisotopic (exact) mass is 468 g/mol. The first-order valence-electron chi connectivity index (χ1n) is 10.7. The van der Waals surface area contributed by atoms with E-state index in [1.165, 1.54) is 12.1 Å². The third-order valence-corrected chi connectivity index (χ3v) is 5.51. The van der Waals surface area contributed by atoms with Gasteiger partial charge in [-0.05, 0) is 78.6 Å². The average molecular weight is 468 g/mol. The number of rotatable bonds is 8. The van der Waals surface area contributed by atoms with Gasteiger partial charge in [-0.15, -0.1) is 0 Å². The van der Waals surface area contributed by atoms with Crippen LogP contribution in [-0.4, -0.2) is 0 Å². The number of aryl methyl sites for hydroxylation is 4. The Balaban J connectivity index is 1.60. The highest BCUT2D eigenvalue weighted by atomic mass is 19.4. The molecule has 0 nitrogen and oxygen atoms in total. The highest BCUT2D eigenvalue weighted by Crippen LogP contribution is 2.34. The summed E-state index contributed by atoms with van der Waals surface area (Å²) in [4.78, 5) is 0. The van der Waals surface area contributed by atoms with E-state index in [0.717, 1.165) is 17.5 Å². The highest BCUT2D eigenvalue weighted by molar-refractivity contribution is 5.31. The lowest BCUT2D eigenvalue weighted by atomic mass is 9.98. The molecule has 33 heavy (non-hydrogen) atoms. The van der Waals surface area contributed by atoms with E-state index in [0.29, 0.717) is 37.0 Å². The van der Waals surface area contributed by atoms with Crippen molar-refractivity contribution in [3.63, 3.8) is 0 Å². The van der Waals surface area contributed by atoms with Gasteiger partial charge >= 0.3 is 6.18 Å². The summed E-state index contributed by atoms with van der Waals surface area (Å²) in [5.74, 6) is -4.36. The van der Waals surface area contributed by atoms with Gasteiger partial charge in [-0.3, -0.25) is 0 Å². The summed E-state index contributed by atoms with van der Waals surface area (Å²) >= 11 is 0. The molecule has 0 amide bonds. The fraction of sp³-hybridized carbons (Fsp3) is 0.308. The van der Waals surface area contributed by atoms with Gasteiger partial charge in [0.05, 0.1) is 0 Å². The molecule has 0 aliphatic heterocycles. The van der Waals surface area contributed by atoms with Gasteiger partial charge in [0, 0.05) is 5.56 Å². The Morgan fingerprint density at radius 1 is 0.545 bits per heavy atom. The number of benzene rings is 3. The van der Waals surface area contributed by atoms with Gasteiger partial charge in [0.25, 0.3) is 0 Å². The smallest absolute Gasteiger partial charge is 0.207 e. The molecule has 0 saturated carbocycles. The molecule has 0 spiro atoms. The summed E-state index contributed by atoms with van der Waals surface area (Å²) < 4.78 is 94.0. The fourth-order valence-electron chi connectivity index (χ4n) is 3.80. The molecule has 176 valence electrons. The molecule has 0 atom stereocenters. The van der Waals surface area contributed by atoms with E-state index in [1.54, 1.807) is 24.3 Å². The summed E-state index contributed by atoms with van der Waals surface area (Å²) in [7, 11) is 0.